The van der Waals surface area contributed by atoms with Gasteiger partial charge in [-0.1, -0.05) is 19.9 Å². The van der Waals surface area contributed by atoms with Gasteiger partial charge in [0.15, 0.2) is 11.8 Å². The van der Waals surface area contributed by atoms with Gasteiger partial charge in [-0.3, -0.25) is 19.4 Å². The van der Waals surface area contributed by atoms with Crippen LogP contribution in [0.1, 0.15) is 50.2 Å². The number of carbonyl (C=O) groups is 4. The summed E-state index contributed by atoms with van der Waals surface area (Å²) in [5, 5.41) is 26.4. The van der Waals surface area contributed by atoms with E-state index in [9.17, 15) is 29.4 Å². The predicted octanol–water partition coefficient (Wildman–Crippen LogP) is 0.908. The molecule has 0 bridgehead atoms. The summed E-state index contributed by atoms with van der Waals surface area (Å²) < 4.78 is 11.0. The lowest BCUT2D eigenvalue weighted by Crippen LogP contribution is -2.59. The third kappa shape index (κ3) is 7.73. The van der Waals surface area contributed by atoms with E-state index in [1.165, 1.54) is 32.2 Å². The summed E-state index contributed by atoms with van der Waals surface area (Å²) in [7, 11) is 0. The van der Waals surface area contributed by atoms with E-state index in [0.29, 0.717) is 5.56 Å². The molecule has 39 heavy (non-hydrogen) atoms. The molecule has 2 aromatic heterocycles. The number of nitrogens with one attached hydrogen (secondary N) is 2. The SMILES string of the molecule is CC(C)CC1OC(=O)[C@H](C)[C@H](O)[C@H](Cc2cccnc2)NC(=O)[C@@H](NC(=O)c2ncccc2O)[C@@H](C)OC1=O. The molecule has 2 aromatic rings. The molecule has 210 valence electrons. The highest BCUT2D eigenvalue weighted by Crippen LogP contribution is 2.20. The summed E-state index contributed by atoms with van der Waals surface area (Å²) in [6.45, 7) is 6.50. The molecule has 1 saturated heterocycles. The maximum absolute atomic E-state index is 13.5. The van der Waals surface area contributed by atoms with Crippen molar-refractivity contribution in [1.82, 2.24) is 20.6 Å². The maximum atomic E-state index is 13.5. The van der Waals surface area contributed by atoms with Crippen LogP contribution in [0.3, 0.4) is 0 Å². The van der Waals surface area contributed by atoms with E-state index in [4.69, 9.17) is 9.47 Å². The highest BCUT2D eigenvalue weighted by molar-refractivity contribution is 5.98. The molecule has 6 atom stereocenters. The molecule has 12 nitrogen and oxygen atoms in total. The first-order valence-electron chi connectivity index (χ1n) is 12.7. The molecule has 0 spiro atoms. The van der Waals surface area contributed by atoms with Crippen LogP contribution in [0.2, 0.25) is 0 Å². The van der Waals surface area contributed by atoms with Gasteiger partial charge < -0.3 is 30.3 Å². The number of nitrogens with zero attached hydrogens (tertiary/aromatic N) is 2. The molecule has 3 heterocycles. The van der Waals surface area contributed by atoms with Crippen molar-refractivity contribution in [1.29, 1.82) is 0 Å². The first-order valence-corrected chi connectivity index (χ1v) is 12.7. The zero-order valence-electron chi connectivity index (χ0n) is 22.2. The van der Waals surface area contributed by atoms with Crippen LogP contribution in [0, 0.1) is 11.8 Å². The number of hydrogen-bond donors (Lipinski definition) is 4. The molecule has 0 saturated carbocycles. The second kappa shape index (κ2) is 13.1. The highest BCUT2D eigenvalue weighted by atomic mass is 16.6. The number of aliphatic hydroxyl groups excluding tert-OH is 1. The van der Waals surface area contributed by atoms with Crippen LogP contribution in [0.25, 0.3) is 0 Å². The largest absolute Gasteiger partial charge is 0.505 e. The van der Waals surface area contributed by atoms with Crippen LogP contribution >= 0.6 is 0 Å². The molecular formula is C27H34N4O8. The fourth-order valence-corrected chi connectivity index (χ4v) is 4.16. The van der Waals surface area contributed by atoms with E-state index in [1.807, 2.05) is 13.8 Å². The second-order valence-electron chi connectivity index (χ2n) is 9.98. The fraction of sp³-hybridized carbons (Fsp3) is 0.481. The van der Waals surface area contributed by atoms with Crippen LogP contribution in [-0.2, 0) is 30.3 Å². The van der Waals surface area contributed by atoms with Crippen LogP contribution in [0.15, 0.2) is 42.9 Å². The van der Waals surface area contributed by atoms with Crippen LogP contribution in [0.5, 0.6) is 5.75 Å². The predicted molar refractivity (Wildman–Crippen MR) is 137 cm³/mol. The molecule has 1 aliphatic heterocycles. The number of aromatic hydroxyl groups is 1. The van der Waals surface area contributed by atoms with E-state index < -0.39 is 65.8 Å². The van der Waals surface area contributed by atoms with Crippen LogP contribution in [-0.4, -0.2) is 74.3 Å². The van der Waals surface area contributed by atoms with Gasteiger partial charge in [-0.2, -0.15) is 0 Å². The Hall–Kier alpha value is -4.06. The quantitative estimate of drug-likeness (QED) is 0.384. The van der Waals surface area contributed by atoms with Crippen molar-refractivity contribution >= 4 is 23.8 Å². The topological polar surface area (TPSA) is 177 Å². The molecule has 1 fully saturated rings. The maximum Gasteiger partial charge on any atom is 0.347 e. The number of amides is 2. The molecule has 3 rings (SSSR count). The monoisotopic (exact) mass is 542 g/mol. The van der Waals surface area contributed by atoms with Crippen molar-refractivity contribution in [3.63, 3.8) is 0 Å². The molecule has 1 aliphatic rings. The number of aromatic nitrogens is 2. The Morgan fingerprint density at radius 2 is 1.82 bits per heavy atom. The van der Waals surface area contributed by atoms with Crippen LogP contribution in [0.4, 0.5) is 0 Å². The Morgan fingerprint density at radius 1 is 1.10 bits per heavy atom. The van der Waals surface area contributed by atoms with Gasteiger partial charge in [0.25, 0.3) is 5.91 Å². The van der Waals surface area contributed by atoms with Crippen molar-refractivity contribution in [2.45, 2.75) is 70.9 Å². The van der Waals surface area contributed by atoms with Crippen molar-refractivity contribution in [2.75, 3.05) is 0 Å². The first-order chi connectivity index (χ1) is 18.5. The number of hydrogen-bond acceptors (Lipinski definition) is 10. The van der Waals surface area contributed by atoms with Gasteiger partial charge in [0, 0.05) is 18.6 Å². The first kappa shape index (κ1) is 29.5. The summed E-state index contributed by atoms with van der Waals surface area (Å²) in [5.74, 6) is -4.96. The van der Waals surface area contributed by atoms with E-state index in [0.717, 1.165) is 0 Å². The summed E-state index contributed by atoms with van der Waals surface area (Å²) >= 11 is 0. The van der Waals surface area contributed by atoms with Crippen molar-refractivity contribution in [3.8, 4) is 5.75 Å². The van der Waals surface area contributed by atoms with Crippen molar-refractivity contribution < 1.29 is 38.9 Å². The number of pyridine rings is 2. The molecule has 2 amide bonds. The Kier molecular flexibility index (Phi) is 9.94. The number of esters is 2. The number of rotatable bonds is 6. The normalized spacial score (nSPS) is 26.5. The zero-order chi connectivity index (χ0) is 28.7. The smallest absolute Gasteiger partial charge is 0.347 e. The zero-order valence-corrected chi connectivity index (χ0v) is 22.2. The van der Waals surface area contributed by atoms with Gasteiger partial charge in [0.05, 0.1) is 18.1 Å². The summed E-state index contributed by atoms with van der Waals surface area (Å²) in [4.78, 5) is 60.3. The third-order valence-corrected chi connectivity index (χ3v) is 6.35. The molecule has 12 heteroatoms. The van der Waals surface area contributed by atoms with Crippen molar-refractivity contribution in [3.05, 3.63) is 54.1 Å². The Morgan fingerprint density at radius 3 is 2.46 bits per heavy atom. The molecule has 0 radical (unpaired) electrons. The van der Waals surface area contributed by atoms with Gasteiger partial charge in [-0.15, -0.1) is 0 Å². The van der Waals surface area contributed by atoms with Crippen LogP contribution < -0.4 is 10.6 Å². The Labute approximate surface area is 226 Å². The molecule has 4 N–H and O–H groups in total. The van der Waals surface area contributed by atoms with Gasteiger partial charge in [-0.05, 0) is 56.4 Å². The summed E-state index contributed by atoms with van der Waals surface area (Å²) in [6.07, 6.45) is 0.745. The molecule has 0 aliphatic carbocycles. The van der Waals surface area contributed by atoms with E-state index >= 15 is 0 Å². The lowest BCUT2D eigenvalue weighted by molar-refractivity contribution is -0.178. The fourth-order valence-electron chi connectivity index (χ4n) is 4.16. The summed E-state index contributed by atoms with van der Waals surface area (Å²) in [5.41, 5.74) is 0.341. The van der Waals surface area contributed by atoms with Gasteiger partial charge in [0.2, 0.25) is 5.91 Å². The van der Waals surface area contributed by atoms with Gasteiger partial charge >= 0.3 is 11.9 Å². The minimum atomic E-state index is -1.45. The van der Waals surface area contributed by atoms with E-state index in [-0.39, 0.29) is 24.5 Å². The summed E-state index contributed by atoms with van der Waals surface area (Å²) in [6, 6.07) is 3.68. The average Bonchev–Trinajstić information content (AvgIpc) is 2.89. The number of ether oxygens (including phenoxy) is 2. The lowest BCUT2D eigenvalue weighted by Gasteiger charge is -2.33. The third-order valence-electron chi connectivity index (χ3n) is 6.35. The van der Waals surface area contributed by atoms with Gasteiger partial charge in [-0.25, -0.2) is 9.78 Å². The highest BCUT2D eigenvalue weighted by Gasteiger charge is 2.40. The molecule has 1 unspecified atom stereocenters. The molecular weight excluding hydrogens is 508 g/mol. The van der Waals surface area contributed by atoms with E-state index in [1.54, 1.807) is 24.5 Å². The van der Waals surface area contributed by atoms with E-state index in [2.05, 4.69) is 20.6 Å². The standard InChI is InChI=1S/C27H34N4O8/c1-14(2)11-20-27(37)38-16(4)21(31-25(35)22-19(32)8-6-10-29-22)24(34)30-18(12-17-7-5-9-28-13-17)23(33)15(3)26(36)39-20/h5-10,13-16,18,20-21,23,32-33H,11-12H2,1-4H3,(H,30,34)(H,31,35)/t15-,16-,18+,20?,21+,23+/m1/s1. The minimum absolute atomic E-state index is 0.0527. The number of aliphatic hydroxyl groups is 1. The lowest BCUT2D eigenvalue weighted by atomic mass is 9.92. The average molecular weight is 543 g/mol. The van der Waals surface area contributed by atoms with Crippen molar-refractivity contribution in [2.24, 2.45) is 11.8 Å². The Bertz CT molecular complexity index is 1180. The second-order valence-corrected chi connectivity index (χ2v) is 9.98. The molecule has 0 aromatic carbocycles. The minimum Gasteiger partial charge on any atom is -0.505 e. The number of carbonyl (C=O) groups excluding carboxylic acids is 4. The Balaban J connectivity index is 1.99. The van der Waals surface area contributed by atoms with Gasteiger partial charge in [0.1, 0.15) is 17.9 Å². The number of cyclic esters (lactones) is 2.